The van der Waals surface area contributed by atoms with E-state index in [1.54, 1.807) is 12.0 Å². The fraction of sp³-hybridized carbons (Fsp3) is 0.323. The summed E-state index contributed by atoms with van der Waals surface area (Å²) in [6, 6.07) is 26.1. The van der Waals surface area contributed by atoms with Crippen LogP contribution in [0.25, 0.3) is 0 Å². The fourth-order valence-electron chi connectivity index (χ4n) is 5.05. The highest BCUT2D eigenvalue weighted by Gasteiger charge is 2.50. The van der Waals surface area contributed by atoms with Crippen molar-refractivity contribution in [3.05, 3.63) is 102 Å². The predicted octanol–water partition coefficient (Wildman–Crippen LogP) is 4.09. The first-order valence-corrected chi connectivity index (χ1v) is 12.8. The summed E-state index contributed by atoms with van der Waals surface area (Å²) in [6.07, 6.45) is 1.86. The molecule has 0 radical (unpaired) electrons. The summed E-state index contributed by atoms with van der Waals surface area (Å²) in [5, 5.41) is 3.11. The molecule has 7 nitrogen and oxygen atoms in total. The van der Waals surface area contributed by atoms with E-state index in [4.69, 9.17) is 9.47 Å². The van der Waals surface area contributed by atoms with Crippen molar-refractivity contribution in [3.63, 3.8) is 0 Å². The molecule has 198 valence electrons. The molecular formula is C31H34N2O5. The monoisotopic (exact) mass is 514 g/mol. The number of rotatable bonds is 10. The molecule has 0 spiro atoms. The molecule has 2 amide bonds. The Kier molecular flexibility index (Phi) is 8.79. The van der Waals surface area contributed by atoms with Crippen molar-refractivity contribution >= 4 is 17.8 Å². The van der Waals surface area contributed by atoms with E-state index < -0.39 is 17.6 Å². The van der Waals surface area contributed by atoms with E-state index in [0.717, 1.165) is 16.7 Å². The van der Waals surface area contributed by atoms with Gasteiger partial charge in [0.25, 0.3) is 0 Å². The molecule has 4 rings (SSSR count). The number of benzene rings is 3. The Bertz CT molecular complexity index is 1230. The number of hydrogen-bond acceptors (Lipinski definition) is 5. The maximum atomic E-state index is 14.3. The second-order valence-corrected chi connectivity index (χ2v) is 9.64. The van der Waals surface area contributed by atoms with E-state index in [2.05, 4.69) is 5.32 Å². The van der Waals surface area contributed by atoms with Gasteiger partial charge in [-0.05, 0) is 48.1 Å². The topological polar surface area (TPSA) is 84.9 Å². The van der Waals surface area contributed by atoms with Gasteiger partial charge in [-0.15, -0.1) is 0 Å². The van der Waals surface area contributed by atoms with Gasteiger partial charge in [0.15, 0.2) is 0 Å². The number of amides is 2. The van der Waals surface area contributed by atoms with Gasteiger partial charge in [-0.3, -0.25) is 9.59 Å². The van der Waals surface area contributed by atoms with Gasteiger partial charge in [0, 0.05) is 19.4 Å². The lowest BCUT2D eigenvalue weighted by Crippen LogP contribution is -2.67. The molecule has 0 aromatic heterocycles. The summed E-state index contributed by atoms with van der Waals surface area (Å²) in [5.74, 6) is -0.242. The molecule has 3 aromatic carbocycles. The molecule has 1 heterocycles. The van der Waals surface area contributed by atoms with Gasteiger partial charge in [0.05, 0.1) is 14.2 Å². The third-order valence-corrected chi connectivity index (χ3v) is 7.09. The van der Waals surface area contributed by atoms with E-state index in [9.17, 15) is 14.4 Å². The number of carbonyl (C=O) groups excluding carboxylic acids is 3. The maximum absolute atomic E-state index is 14.3. The highest BCUT2D eigenvalue weighted by Crippen LogP contribution is 2.33. The molecule has 38 heavy (non-hydrogen) atoms. The van der Waals surface area contributed by atoms with Gasteiger partial charge in [0.2, 0.25) is 11.8 Å². The van der Waals surface area contributed by atoms with Crippen LogP contribution in [0.1, 0.15) is 36.0 Å². The van der Waals surface area contributed by atoms with E-state index in [0.29, 0.717) is 31.4 Å². The number of likely N-dealkylation sites (tertiary alicyclic amines) is 1. The molecule has 1 N–H and O–H groups in total. The van der Waals surface area contributed by atoms with Crippen LogP contribution in [0.4, 0.5) is 0 Å². The third-order valence-electron chi connectivity index (χ3n) is 7.09. The van der Waals surface area contributed by atoms with Crippen LogP contribution in [-0.4, -0.2) is 48.5 Å². The van der Waals surface area contributed by atoms with Crippen molar-refractivity contribution in [2.75, 3.05) is 14.2 Å². The average Bonchev–Trinajstić information content (AvgIpc) is 2.95. The Morgan fingerprint density at radius 1 is 0.895 bits per heavy atom. The van der Waals surface area contributed by atoms with Crippen molar-refractivity contribution < 1.29 is 23.9 Å². The van der Waals surface area contributed by atoms with Crippen LogP contribution in [0.15, 0.2) is 84.9 Å². The largest absolute Gasteiger partial charge is 0.497 e. The Morgan fingerprint density at radius 3 is 2.13 bits per heavy atom. The van der Waals surface area contributed by atoms with Crippen molar-refractivity contribution in [2.24, 2.45) is 0 Å². The second kappa shape index (κ2) is 12.4. The van der Waals surface area contributed by atoms with E-state index in [1.165, 1.54) is 7.11 Å². The summed E-state index contributed by atoms with van der Waals surface area (Å²) >= 11 is 0. The fourth-order valence-corrected chi connectivity index (χ4v) is 5.05. The van der Waals surface area contributed by atoms with Crippen molar-refractivity contribution in [3.8, 4) is 5.75 Å². The van der Waals surface area contributed by atoms with Crippen LogP contribution in [-0.2, 0) is 38.5 Å². The standard InChI is InChI=1S/C31H34N2O5/c1-37-26-16-13-25(14-17-26)22-33-27(29(35)38-2)19-20-31(30(33)36,21-24-11-7-4-8-12-24)32-28(34)18-15-23-9-5-3-6-10-23/h3-14,16-17,27H,15,18-22H2,1-2H3,(H,32,34)/t27-,31+/m1/s1. The summed E-state index contributed by atoms with van der Waals surface area (Å²) in [7, 11) is 2.92. The second-order valence-electron chi connectivity index (χ2n) is 9.64. The normalized spacial score (nSPS) is 19.1. The predicted molar refractivity (Wildman–Crippen MR) is 144 cm³/mol. The zero-order valence-electron chi connectivity index (χ0n) is 21.9. The number of piperidine rings is 1. The number of hydrogen-bond donors (Lipinski definition) is 1. The van der Waals surface area contributed by atoms with Crippen LogP contribution >= 0.6 is 0 Å². The minimum absolute atomic E-state index is 0.195. The van der Waals surface area contributed by atoms with Crippen LogP contribution < -0.4 is 10.1 Å². The number of methoxy groups -OCH3 is 2. The first kappa shape index (κ1) is 26.9. The van der Waals surface area contributed by atoms with Crippen molar-refractivity contribution in [1.82, 2.24) is 10.2 Å². The lowest BCUT2D eigenvalue weighted by molar-refractivity contribution is -0.161. The minimum atomic E-state index is -1.17. The maximum Gasteiger partial charge on any atom is 0.328 e. The third kappa shape index (κ3) is 6.40. The highest BCUT2D eigenvalue weighted by molar-refractivity contribution is 5.95. The minimum Gasteiger partial charge on any atom is -0.497 e. The molecule has 1 aliphatic heterocycles. The Morgan fingerprint density at radius 2 is 1.53 bits per heavy atom. The molecule has 1 aliphatic rings. The molecule has 0 bridgehead atoms. The molecule has 7 heteroatoms. The first-order chi connectivity index (χ1) is 18.4. The highest BCUT2D eigenvalue weighted by atomic mass is 16.5. The Hall–Kier alpha value is -4.13. The van der Waals surface area contributed by atoms with E-state index in [-0.39, 0.29) is 24.8 Å². The van der Waals surface area contributed by atoms with Crippen LogP contribution in [0.3, 0.4) is 0 Å². The number of carbonyl (C=O) groups is 3. The zero-order chi connectivity index (χ0) is 27.0. The Labute approximate surface area is 223 Å². The molecule has 2 atom stereocenters. The smallest absolute Gasteiger partial charge is 0.328 e. The molecule has 0 aliphatic carbocycles. The van der Waals surface area contributed by atoms with E-state index >= 15 is 0 Å². The molecule has 3 aromatic rings. The SMILES string of the molecule is COC(=O)[C@H]1CC[C@@](Cc2ccccc2)(NC(=O)CCc2ccccc2)C(=O)N1Cc1ccc(OC)cc1. The summed E-state index contributed by atoms with van der Waals surface area (Å²) in [5.41, 5.74) is 1.66. The van der Waals surface area contributed by atoms with Crippen LogP contribution in [0.2, 0.25) is 0 Å². The van der Waals surface area contributed by atoms with Crippen LogP contribution in [0, 0.1) is 0 Å². The number of nitrogens with one attached hydrogen (secondary N) is 1. The lowest BCUT2D eigenvalue weighted by Gasteiger charge is -2.45. The molecule has 1 fully saturated rings. The van der Waals surface area contributed by atoms with Crippen molar-refractivity contribution in [2.45, 2.75) is 50.2 Å². The van der Waals surface area contributed by atoms with Gasteiger partial charge in [-0.1, -0.05) is 72.8 Å². The molecular weight excluding hydrogens is 480 g/mol. The zero-order valence-corrected chi connectivity index (χ0v) is 21.9. The van der Waals surface area contributed by atoms with Gasteiger partial charge in [0.1, 0.15) is 17.3 Å². The Balaban J connectivity index is 1.62. The number of esters is 1. The number of nitrogens with zero attached hydrogens (tertiary/aromatic N) is 1. The lowest BCUT2D eigenvalue weighted by atomic mass is 9.79. The quantitative estimate of drug-likeness (QED) is 0.412. The summed E-state index contributed by atoms with van der Waals surface area (Å²) in [4.78, 5) is 41.8. The first-order valence-electron chi connectivity index (χ1n) is 12.8. The summed E-state index contributed by atoms with van der Waals surface area (Å²) < 4.78 is 10.3. The molecule has 0 saturated carbocycles. The van der Waals surface area contributed by atoms with Gasteiger partial charge in [-0.25, -0.2) is 4.79 Å². The van der Waals surface area contributed by atoms with Crippen LogP contribution in [0.5, 0.6) is 5.75 Å². The molecule has 0 unspecified atom stereocenters. The average molecular weight is 515 g/mol. The van der Waals surface area contributed by atoms with Crippen molar-refractivity contribution in [1.29, 1.82) is 0 Å². The van der Waals surface area contributed by atoms with Gasteiger partial charge in [-0.2, -0.15) is 0 Å². The number of ether oxygens (including phenoxy) is 2. The van der Waals surface area contributed by atoms with Gasteiger partial charge < -0.3 is 19.7 Å². The summed E-state index contributed by atoms with van der Waals surface area (Å²) in [6.45, 7) is 0.207. The molecule has 1 saturated heterocycles. The van der Waals surface area contributed by atoms with E-state index in [1.807, 2.05) is 84.9 Å². The van der Waals surface area contributed by atoms with Gasteiger partial charge >= 0.3 is 5.97 Å². The number of aryl methyl sites for hydroxylation is 1.